The number of nitrogens with one attached hydrogen (secondary N) is 1. The van der Waals surface area contributed by atoms with Crippen molar-refractivity contribution in [1.29, 1.82) is 0 Å². The van der Waals surface area contributed by atoms with Gasteiger partial charge in [0.25, 0.3) is 11.8 Å². The molecular weight excluding hydrogens is 574 g/mol. The topological polar surface area (TPSA) is 193 Å². The molecule has 1 aromatic rings. The van der Waals surface area contributed by atoms with E-state index >= 15 is 0 Å². The van der Waals surface area contributed by atoms with E-state index < -0.39 is 5.91 Å². The zero-order chi connectivity index (χ0) is 32.3. The van der Waals surface area contributed by atoms with Gasteiger partial charge in [-0.05, 0) is 45.2 Å². The molecule has 2 aliphatic rings. The van der Waals surface area contributed by atoms with Crippen LogP contribution >= 0.6 is 11.6 Å². The van der Waals surface area contributed by atoms with Gasteiger partial charge in [-0.3, -0.25) is 19.3 Å². The Morgan fingerprint density at radius 2 is 1.74 bits per heavy atom. The number of rotatable bonds is 10. The number of nitroso groups, excluding NO2 is 1. The van der Waals surface area contributed by atoms with Gasteiger partial charge in [0, 0.05) is 68.3 Å². The highest BCUT2D eigenvalue weighted by Crippen LogP contribution is 2.27. The molecule has 0 saturated carbocycles. The third-order valence-electron chi connectivity index (χ3n) is 7.74. The molecule has 0 spiro atoms. The highest BCUT2D eigenvalue weighted by atomic mass is 35.5. The smallest absolute Gasteiger partial charge is 0.267 e. The molecule has 3 rings (SSSR count). The number of anilines is 1. The second-order valence-electron chi connectivity index (χ2n) is 10.5. The minimum Gasteiger partial charge on any atom is -0.402 e. The number of nitrogens with two attached hydrogens (primary N) is 3. The molecule has 14 heteroatoms. The van der Waals surface area contributed by atoms with E-state index in [1.54, 1.807) is 13.8 Å². The molecule has 1 atom stereocenters. The first-order valence-corrected chi connectivity index (χ1v) is 14.6. The fourth-order valence-electron chi connectivity index (χ4n) is 5.02. The summed E-state index contributed by atoms with van der Waals surface area (Å²) in [5.41, 5.74) is 18.6. The number of carbonyl (C=O) groups is 3. The van der Waals surface area contributed by atoms with Gasteiger partial charge in [0.05, 0.1) is 17.1 Å². The number of carbonyl (C=O) groups excluding carboxylic acids is 3. The molecule has 0 aromatic carbocycles. The van der Waals surface area contributed by atoms with Crippen LogP contribution in [0.5, 0.6) is 0 Å². The predicted molar refractivity (Wildman–Crippen MR) is 169 cm³/mol. The van der Waals surface area contributed by atoms with Crippen LogP contribution < -0.4 is 22.5 Å². The van der Waals surface area contributed by atoms with Crippen LogP contribution in [0, 0.1) is 4.91 Å². The number of allylic oxidation sites excluding steroid dienone is 2. The van der Waals surface area contributed by atoms with Gasteiger partial charge in [-0.15, -0.1) is 0 Å². The summed E-state index contributed by atoms with van der Waals surface area (Å²) in [6, 6.07) is 3.81. The van der Waals surface area contributed by atoms with E-state index in [4.69, 9.17) is 28.8 Å². The molecule has 13 nitrogen and oxygen atoms in total. The summed E-state index contributed by atoms with van der Waals surface area (Å²) in [6.45, 7) is 17.7. The third-order valence-corrected chi connectivity index (χ3v) is 7.96. The second-order valence-corrected chi connectivity index (χ2v) is 11.0. The van der Waals surface area contributed by atoms with Crippen molar-refractivity contribution in [3.63, 3.8) is 0 Å². The Balaban J connectivity index is 0.000000455. The van der Waals surface area contributed by atoms with Crippen LogP contribution in [0.3, 0.4) is 0 Å². The molecule has 3 heterocycles. The van der Waals surface area contributed by atoms with Gasteiger partial charge in [-0.2, -0.15) is 4.91 Å². The molecule has 2 fully saturated rings. The number of hydrogen-bond donors (Lipinski definition) is 4. The van der Waals surface area contributed by atoms with E-state index in [-0.39, 0.29) is 36.4 Å². The van der Waals surface area contributed by atoms with Crippen LogP contribution in [0.1, 0.15) is 60.9 Å². The van der Waals surface area contributed by atoms with Crippen molar-refractivity contribution in [1.82, 2.24) is 25.0 Å². The molecule has 2 saturated heterocycles. The molecule has 1 aromatic heterocycles. The average molecular weight is 618 g/mol. The van der Waals surface area contributed by atoms with Gasteiger partial charge in [0.2, 0.25) is 5.91 Å². The van der Waals surface area contributed by atoms with Gasteiger partial charge in [-0.1, -0.05) is 36.9 Å². The minimum absolute atomic E-state index is 0.0340. The third kappa shape index (κ3) is 9.79. The second kappa shape index (κ2) is 16.6. The summed E-state index contributed by atoms with van der Waals surface area (Å²) in [5.74, 6) is -1.05. The SMILES string of the molecule is C/C(N)=C(\C)C(=O)NCCN=O.C=C(Cl)C(=C)N1CCN(C2CCN(C(=O)c3ccc(C(N)=O)nc3N)CC2)C(CC)C1. The Labute approximate surface area is 258 Å². The van der Waals surface area contributed by atoms with E-state index in [9.17, 15) is 19.3 Å². The van der Waals surface area contributed by atoms with E-state index in [0.29, 0.717) is 47.0 Å². The first kappa shape index (κ1) is 35.2. The highest BCUT2D eigenvalue weighted by molar-refractivity contribution is 6.31. The monoisotopic (exact) mass is 617 g/mol. The molecule has 43 heavy (non-hydrogen) atoms. The number of nitrogens with zero attached hydrogens (tertiary/aromatic N) is 5. The highest BCUT2D eigenvalue weighted by Gasteiger charge is 2.34. The number of aromatic nitrogens is 1. The summed E-state index contributed by atoms with van der Waals surface area (Å²) in [4.78, 5) is 55.4. The van der Waals surface area contributed by atoms with Gasteiger partial charge in [-0.25, -0.2) is 4.98 Å². The summed E-state index contributed by atoms with van der Waals surface area (Å²) >= 11 is 6.05. The van der Waals surface area contributed by atoms with E-state index in [2.05, 4.69) is 45.4 Å². The Kier molecular flexibility index (Phi) is 13.6. The van der Waals surface area contributed by atoms with Crippen molar-refractivity contribution in [2.24, 2.45) is 16.6 Å². The summed E-state index contributed by atoms with van der Waals surface area (Å²) in [7, 11) is 0. The molecule has 0 radical (unpaired) electrons. The lowest BCUT2D eigenvalue weighted by Gasteiger charge is -2.48. The van der Waals surface area contributed by atoms with Crippen LogP contribution in [-0.4, -0.2) is 95.3 Å². The first-order valence-electron chi connectivity index (χ1n) is 14.2. The van der Waals surface area contributed by atoms with Crippen molar-refractivity contribution < 1.29 is 14.4 Å². The Morgan fingerprint density at radius 1 is 1.09 bits per heavy atom. The molecule has 3 amide bonds. The maximum atomic E-state index is 12.9. The van der Waals surface area contributed by atoms with Crippen molar-refractivity contribution in [2.75, 3.05) is 51.5 Å². The van der Waals surface area contributed by atoms with E-state index in [1.807, 2.05) is 4.90 Å². The van der Waals surface area contributed by atoms with Gasteiger partial charge >= 0.3 is 0 Å². The number of pyridine rings is 1. The van der Waals surface area contributed by atoms with Gasteiger partial charge in [0.15, 0.2) is 0 Å². The van der Waals surface area contributed by atoms with Crippen LogP contribution in [0.4, 0.5) is 5.82 Å². The number of piperidine rings is 1. The number of primary amides is 1. The Bertz CT molecular complexity index is 1240. The van der Waals surface area contributed by atoms with Crippen LogP contribution in [-0.2, 0) is 4.79 Å². The van der Waals surface area contributed by atoms with Crippen LogP contribution in [0.2, 0.25) is 0 Å². The normalized spacial score (nSPS) is 18.1. The summed E-state index contributed by atoms with van der Waals surface area (Å²) in [6.07, 6.45) is 2.84. The molecular formula is C29H44ClN9O4. The number of nitrogen functional groups attached to an aromatic ring is 1. The van der Waals surface area contributed by atoms with Gasteiger partial charge in [0.1, 0.15) is 11.5 Å². The molecule has 0 bridgehead atoms. The van der Waals surface area contributed by atoms with Gasteiger partial charge < -0.3 is 32.3 Å². The lowest BCUT2D eigenvalue weighted by atomic mass is 9.97. The molecule has 0 aliphatic carbocycles. The van der Waals surface area contributed by atoms with Crippen molar-refractivity contribution in [3.8, 4) is 0 Å². The lowest BCUT2D eigenvalue weighted by Crippen LogP contribution is -2.58. The number of piperazine rings is 1. The number of amides is 3. The molecule has 1 unspecified atom stereocenters. The minimum atomic E-state index is -0.670. The number of halogens is 1. The largest absolute Gasteiger partial charge is 0.402 e. The fourth-order valence-corrected chi connectivity index (χ4v) is 5.14. The Morgan fingerprint density at radius 3 is 2.26 bits per heavy atom. The lowest BCUT2D eigenvalue weighted by molar-refractivity contribution is -0.117. The predicted octanol–water partition coefficient (Wildman–Crippen LogP) is 2.15. The average Bonchev–Trinajstić information content (AvgIpc) is 2.99. The Hall–Kier alpha value is -3.97. The number of hydrogen-bond acceptors (Lipinski definition) is 10. The zero-order valence-corrected chi connectivity index (χ0v) is 26.0. The first-order chi connectivity index (χ1) is 20.3. The van der Waals surface area contributed by atoms with E-state index in [0.717, 1.165) is 44.6 Å². The maximum Gasteiger partial charge on any atom is 0.267 e. The van der Waals surface area contributed by atoms with Crippen LogP contribution in [0.15, 0.2) is 52.5 Å². The van der Waals surface area contributed by atoms with E-state index in [1.165, 1.54) is 12.1 Å². The summed E-state index contributed by atoms with van der Waals surface area (Å²) < 4.78 is 0. The standard InChI is InChI=1S/C22H31ClN6O2.C7H13N3O2/c1-4-16-13-28(15(3)14(2)23)11-12-29(16)17-7-9-27(10-8-17)22(31)18-5-6-19(21(25)30)26-20(18)24;1-5(6(2)8)7(11)9-3-4-10-12/h5-6,16-17H,2-4,7-13H2,1H3,(H2,24,26)(H2,25,30);3-4,8H2,1-2H3,(H,9,11)/b;6-5-. The quantitative estimate of drug-likeness (QED) is 0.132. The van der Waals surface area contributed by atoms with Crippen molar-refractivity contribution >= 4 is 35.1 Å². The molecule has 7 N–H and O–H groups in total. The van der Waals surface area contributed by atoms with Crippen molar-refractivity contribution in [2.45, 2.75) is 52.1 Å². The number of likely N-dealkylation sites (tertiary alicyclic amines) is 1. The van der Waals surface area contributed by atoms with Crippen LogP contribution in [0.25, 0.3) is 0 Å². The maximum absolute atomic E-state index is 12.9. The van der Waals surface area contributed by atoms with Crippen molar-refractivity contribution in [3.05, 3.63) is 63.5 Å². The molecule has 236 valence electrons. The summed E-state index contributed by atoms with van der Waals surface area (Å²) in [5, 5.41) is 5.59. The molecule has 2 aliphatic heterocycles. The zero-order valence-electron chi connectivity index (χ0n) is 25.3. The fraction of sp³-hybridized carbons (Fsp3) is 0.517.